The van der Waals surface area contributed by atoms with Gasteiger partial charge >= 0.3 is 0 Å². The highest BCUT2D eigenvalue weighted by atomic mass is 32.1. The average Bonchev–Trinajstić information content (AvgIpc) is 2.50. The highest BCUT2D eigenvalue weighted by molar-refractivity contribution is 7.10. The molecule has 0 aromatic carbocycles. The smallest absolute Gasteiger partial charge is 0.00904 e. The van der Waals surface area contributed by atoms with Crippen LogP contribution < -0.4 is 0 Å². The van der Waals surface area contributed by atoms with E-state index in [2.05, 4.69) is 30.2 Å². The monoisotopic (exact) mass is 209 g/mol. The van der Waals surface area contributed by atoms with E-state index in [1.165, 1.54) is 32.5 Å². The van der Waals surface area contributed by atoms with Gasteiger partial charge in [0.05, 0.1) is 0 Å². The second-order valence-electron chi connectivity index (χ2n) is 4.56. The minimum atomic E-state index is 0.797. The minimum Gasteiger partial charge on any atom is -0.302 e. The van der Waals surface area contributed by atoms with Crippen molar-refractivity contribution < 1.29 is 0 Å². The Kier molecular flexibility index (Phi) is 3.24. The number of hydrogen-bond donors (Lipinski definition) is 0. The lowest BCUT2D eigenvalue weighted by molar-refractivity contribution is 0.256. The summed E-state index contributed by atoms with van der Waals surface area (Å²) in [6.45, 7) is 8.38. The molecule has 0 aliphatic carbocycles. The molecule has 1 aromatic heterocycles. The van der Waals surface area contributed by atoms with Crippen LogP contribution in [0.5, 0.6) is 0 Å². The van der Waals surface area contributed by atoms with E-state index in [1.54, 1.807) is 10.4 Å². The van der Waals surface area contributed by atoms with Gasteiger partial charge in [-0.25, -0.2) is 0 Å². The summed E-state index contributed by atoms with van der Waals surface area (Å²) in [7, 11) is 0. The molecule has 2 rings (SSSR count). The largest absolute Gasteiger partial charge is 0.302 e. The van der Waals surface area contributed by atoms with Crippen LogP contribution in [-0.4, -0.2) is 24.5 Å². The lowest BCUT2D eigenvalue weighted by Gasteiger charge is -2.21. The van der Waals surface area contributed by atoms with Gasteiger partial charge in [-0.2, -0.15) is 0 Å². The fraction of sp³-hybridized carbons (Fsp3) is 0.667. The Morgan fingerprint density at radius 3 is 2.93 bits per heavy atom. The average molecular weight is 209 g/mol. The zero-order chi connectivity index (χ0) is 9.97. The number of hydrogen-bond acceptors (Lipinski definition) is 2. The highest BCUT2D eigenvalue weighted by Crippen LogP contribution is 2.21. The van der Waals surface area contributed by atoms with Crippen LogP contribution in [0.3, 0.4) is 0 Å². The van der Waals surface area contributed by atoms with Crippen LogP contribution in [0.25, 0.3) is 0 Å². The first-order valence-corrected chi connectivity index (χ1v) is 6.41. The number of thiophene rings is 1. The van der Waals surface area contributed by atoms with Gasteiger partial charge in [0.15, 0.2) is 0 Å². The molecule has 0 amide bonds. The molecule has 1 aliphatic heterocycles. The predicted molar refractivity (Wildman–Crippen MR) is 63.0 cm³/mol. The quantitative estimate of drug-likeness (QED) is 0.724. The molecule has 0 saturated heterocycles. The second-order valence-corrected chi connectivity index (χ2v) is 5.56. The minimum absolute atomic E-state index is 0.797. The Labute approximate surface area is 90.7 Å². The van der Waals surface area contributed by atoms with Crippen LogP contribution in [0.2, 0.25) is 0 Å². The molecule has 0 unspecified atom stereocenters. The van der Waals surface area contributed by atoms with Gasteiger partial charge in [0, 0.05) is 24.5 Å². The molecule has 14 heavy (non-hydrogen) atoms. The molecular weight excluding hydrogens is 190 g/mol. The maximum absolute atomic E-state index is 2.61. The number of rotatable bonds is 2. The molecule has 0 N–H and O–H groups in total. The van der Waals surface area contributed by atoms with Gasteiger partial charge in [-0.05, 0) is 35.8 Å². The van der Waals surface area contributed by atoms with E-state index in [0.717, 1.165) is 5.92 Å². The fourth-order valence-corrected chi connectivity index (χ4v) is 3.09. The first kappa shape index (κ1) is 10.2. The van der Waals surface area contributed by atoms with E-state index in [-0.39, 0.29) is 0 Å². The molecule has 0 saturated carbocycles. The molecular formula is C12H19NS. The van der Waals surface area contributed by atoms with Gasteiger partial charge in [-0.3, -0.25) is 0 Å². The third kappa shape index (κ3) is 2.37. The molecule has 0 spiro atoms. The fourth-order valence-electron chi connectivity index (χ4n) is 2.16. The third-order valence-electron chi connectivity index (χ3n) is 2.81. The topological polar surface area (TPSA) is 3.24 Å². The summed E-state index contributed by atoms with van der Waals surface area (Å²) in [4.78, 5) is 4.23. The molecule has 1 aromatic rings. The van der Waals surface area contributed by atoms with Crippen LogP contribution in [-0.2, 0) is 12.8 Å². The van der Waals surface area contributed by atoms with E-state index in [1.807, 2.05) is 11.3 Å². The lowest BCUT2D eigenvalue weighted by atomic mass is 10.2. The van der Waals surface area contributed by atoms with Crippen molar-refractivity contribution >= 4 is 11.3 Å². The second kappa shape index (κ2) is 4.45. The highest BCUT2D eigenvalue weighted by Gasteiger charge is 2.14. The van der Waals surface area contributed by atoms with Crippen molar-refractivity contribution in [3.63, 3.8) is 0 Å². The molecule has 1 aliphatic rings. The van der Waals surface area contributed by atoms with E-state index in [4.69, 9.17) is 0 Å². The van der Waals surface area contributed by atoms with Crippen LogP contribution in [0.1, 0.15) is 24.3 Å². The lowest BCUT2D eigenvalue weighted by Crippen LogP contribution is -2.30. The number of nitrogens with zero attached hydrogens (tertiary/aromatic N) is 1. The molecule has 0 atom stereocenters. The van der Waals surface area contributed by atoms with Crippen LogP contribution in [0.4, 0.5) is 0 Å². The molecule has 0 bridgehead atoms. The zero-order valence-electron chi connectivity index (χ0n) is 9.12. The first-order chi connectivity index (χ1) is 6.75. The summed E-state index contributed by atoms with van der Waals surface area (Å²) in [5.74, 6) is 0.797. The first-order valence-electron chi connectivity index (χ1n) is 5.53. The molecule has 0 radical (unpaired) electrons. The summed E-state index contributed by atoms with van der Waals surface area (Å²) in [6.07, 6.45) is 2.52. The Morgan fingerprint density at radius 2 is 2.14 bits per heavy atom. The third-order valence-corrected chi connectivity index (χ3v) is 3.84. The van der Waals surface area contributed by atoms with Crippen LogP contribution >= 0.6 is 11.3 Å². The van der Waals surface area contributed by atoms with Gasteiger partial charge in [0.25, 0.3) is 0 Å². The molecule has 2 heteroatoms. The van der Waals surface area contributed by atoms with E-state index in [9.17, 15) is 0 Å². The van der Waals surface area contributed by atoms with Crippen molar-refractivity contribution in [3.8, 4) is 0 Å². The van der Waals surface area contributed by atoms with Crippen molar-refractivity contribution in [2.75, 3.05) is 19.6 Å². The maximum Gasteiger partial charge on any atom is 0.00904 e. The Morgan fingerprint density at radius 1 is 1.36 bits per heavy atom. The summed E-state index contributed by atoms with van der Waals surface area (Å²) < 4.78 is 0. The summed E-state index contributed by atoms with van der Waals surface area (Å²) in [5.41, 5.74) is 1.60. The van der Waals surface area contributed by atoms with E-state index in [0.29, 0.717) is 0 Å². The SMILES string of the molecule is CC(C)CN1CCc2ccsc2CC1. The van der Waals surface area contributed by atoms with Crippen LogP contribution in [0.15, 0.2) is 11.4 Å². The van der Waals surface area contributed by atoms with Gasteiger partial charge in [0.1, 0.15) is 0 Å². The van der Waals surface area contributed by atoms with Crippen molar-refractivity contribution in [2.24, 2.45) is 5.92 Å². The zero-order valence-corrected chi connectivity index (χ0v) is 9.94. The number of fused-ring (bicyclic) bond motifs is 1. The standard InChI is InChI=1S/C12H19NS/c1-10(2)9-13-6-3-11-5-8-14-12(11)4-7-13/h5,8,10H,3-4,6-7,9H2,1-2H3. The van der Waals surface area contributed by atoms with Crippen molar-refractivity contribution in [1.82, 2.24) is 4.90 Å². The van der Waals surface area contributed by atoms with Gasteiger partial charge < -0.3 is 4.90 Å². The van der Waals surface area contributed by atoms with E-state index >= 15 is 0 Å². The van der Waals surface area contributed by atoms with Gasteiger partial charge in [-0.15, -0.1) is 11.3 Å². The predicted octanol–water partition coefficient (Wildman–Crippen LogP) is 2.80. The molecule has 78 valence electrons. The summed E-state index contributed by atoms with van der Waals surface area (Å²) in [5, 5.41) is 2.24. The Hall–Kier alpha value is -0.340. The van der Waals surface area contributed by atoms with Crippen LogP contribution in [0, 0.1) is 5.92 Å². The van der Waals surface area contributed by atoms with Crippen molar-refractivity contribution in [3.05, 3.63) is 21.9 Å². The maximum atomic E-state index is 2.61. The van der Waals surface area contributed by atoms with Gasteiger partial charge in [-0.1, -0.05) is 13.8 Å². The summed E-state index contributed by atoms with van der Waals surface area (Å²) in [6, 6.07) is 2.30. The van der Waals surface area contributed by atoms with Crippen molar-refractivity contribution in [2.45, 2.75) is 26.7 Å². The van der Waals surface area contributed by atoms with Gasteiger partial charge in [0.2, 0.25) is 0 Å². The molecule has 2 heterocycles. The normalized spacial score (nSPS) is 18.2. The van der Waals surface area contributed by atoms with Crippen molar-refractivity contribution in [1.29, 1.82) is 0 Å². The summed E-state index contributed by atoms with van der Waals surface area (Å²) >= 11 is 1.93. The Bertz CT molecular complexity index is 268. The van der Waals surface area contributed by atoms with E-state index < -0.39 is 0 Å². The molecule has 1 nitrogen and oxygen atoms in total. The molecule has 0 fully saturated rings. The Balaban J connectivity index is 1.96.